The van der Waals surface area contributed by atoms with Gasteiger partial charge in [-0.1, -0.05) is 66.4 Å². The lowest BCUT2D eigenvalue weighted by molar-refractivity contribution is 0.344. The number of benzene rings is 1. The van der Waals surface area contributed by atoms with Crippen molar-refractivity contribution in [3.8, 4) is 12.3 Å². The van der Waals surface area contributed by atoms with E-state index in [0.717, 1.165) is 25.2 Å². The summed E-state index contributed by atoms with van der Waals surface area (Å²) in [5, 5.41) is 0.931. The van der Waals surface area contributed by atoms with Gasteiger partial charge in [0.1, 0.15) is 5.03 Å². The van der Waals surface area contributed by atoms with E-state index in [1.165, 1.54) is 11.1 Å². The molecule has 0 aromatic heterocycles. The molecule has 0 N–H and O–H groups in total. The van der Waals surface area contributed by atoms with Crippen LogP contribution in [0.1, 0.15) is 31.4 Å². The van der Waals surface area contributed by atoms with Crippen molar-refractivity contribution in [1.82, 2.24) is 4.90 Å². The summed E-state index contributed by atoms with van der Waals surface area (Å²) in [6.07, 6.45) is 8.27. The van der Waals surface area contributed by atoms with Crippen molar-refractivity contribution < 1.29 is 0 Å². The Hall–Kier alpha value is -1.36. The Morgan fingerprint density at radius 2 is 2.00 bits per heavy atom. The third-order valence-electron chi connectivity index (χ3n) is 3.25. The maximum absolute atomic E-state index is 6.32. The van der Waals surface area contributed by atoms with Gasteiger partial charge < -0.3 is 4.90 Å². The number of hydrogen-bond donors (Lipinski definition) is 0. The van der Waals surface area contributed by atoms with Crippen molar-refractivity contribution in [2.75, 3.05) is 6.54 Å². The molecule has 0 unspecified atom stereocenters. The van der Waals surface area contributed by atoms with Gasteiger partial charge in [-0.05, 0) is 31.4 Å². The average molecular weight is 322 g/mol. The molecule has 0 bridgehead atoms. The Morgan fingerprint density at radius 1 is 1.33 bits per heavy atom. The minimum Gasteiger partial charge on any atom is -0.364 e. The van der Waals surface area contributed by atoms with Crippen LogP contribution in [0.2, 0.25) is 0 Å². The molecule has 0 amide bonds. The van der Waals surface area contributed by atoms with Crippen molar-refractivity contribution in [3.63, 3.8) is 0 Å². The number of rotatable bonds is 6. The molecule has 1 rings (SSSR count). The Labute approximate surface area is 138 Å². The first kappa shape index (κ1) is 17.7. The van der Waals surface area contributed by atoms with E-state index in [1.54, 1.807) is 0 Å². The Kier molecular flexibility index (Phi) is 7.43. The van der Waals surface area contributed by atoms with E-state index in [9.17, 15) is 0 Å². The maximum Gasteiger partial charge on any atom is 0.115 e. The second-order valence-electron chi connectivity index (χ2n) is 4.79. The number of halogens is 2. The summed E-state index contributed by atoms with van der Waals surface area (Å²) in [6, 6.07) is 8.29. The molecule has 0 radical (unpaired) electrons. The molecule has 0 aliphatic heterocycles. The normalized spacial score (nSPS) is 12.7. The van der Waals surface area contributed by atoms with E-state index in [0.29, 0.717) is 10.1 Å². The standard InChI is InChI=1S/C18H21Cl2N/c1-5-12-21(13-15-11-9-8-10-14(15)4)18(16(19)6-2)17(20)7-3/h2,7-11H,5,12-13H2,1,3-4H3/b17-7+,18-16-. The van der Waals surface area contributed by atoms with E-state index in [2.05, 4.69) is 36.8 Å². The van der Waals surface area contributed by atoms with Gasteiger partial charge in [0.05, 0.1) is 10.7 Å². The molecule has 1 aromatic carbocycles. The minimum absolute atomic E-state index is 0.347. The summed E-state index contributed by atoms with van der Waals surface area (Å²) in [4.78, 5) is 2.15. The molecule has 0 saturated heterocycles. The Bertz CT molecular complexity index is 579. The molecule has 1 aromatic rings. The molecule has 112 valence electrons. The van der Waals surface area contributed by atoms with Gasteiger partial charge in [0.15, 0.2) is 0 Å². The van der Waals surface area contributed by atoms with Crippen molar-refractivity contribution in [2.45, 2.75) is 33.7 Å². The molecule has 0 spiro atoms. The lowest BCUT2D eigenvalue weighted by Gasteiger charge is -2.28. The second kappa shape index (κ2) is 8.82. The molecular weight excluding hydrogens is 301 g/mol. The van der Waals surface area contributed by atoms with Crippen molar-refractivity contribution in [1.29, 1.82) is 0 Å². The first-order valence-electron chi connectivity index (χ1n) is 7.03. The molecule has 0 saturated carbocycles. The minimum atomic E-state index is 0.347. The first-order chi connectivity index (χ1) is 10.0. The summed E-state index contributed by atoms with van der Waals surface area (Å²) in [5.74, 6) is 2.50. The van der Waals surface area contributed by atoms with Gasteiger partial charge in [0, 0.05) is 13.1 Å². The van der Waals surface area contributed by atoms with E-state index in [4.69, 9.17) is 29.6 Å². The predicted molar refractivity (Wildman–Crippen MR) is 93.2 cm³/mol. The van der Waals surface area contributed by atoms with E-state index in [-0.39, 0.29) is 0 Å². The highest BCUT2D eigenvalue weighted by Crippen LogP contribution is 2.27. The third-order valence-corrected chi connectivity index (χ3v) is 3.93. The van der Waals surface area contributed by atoms with Gasteiger partial charge in [-0.15, -0.1) is 6.42 Å². The van der Waals surface area contributed by atoms with Crippen LogP contribution in [0.3, 0.4) is 0 Å². The molecule has 21 heavy (non-hydrogen) atoms. The van der Waals surface area contributed by atoms with Crippen LogP contribution in [0.5, 0.6) is 0 Å². The summed E-state index contributed by atoms with van der Waals surface area (Å²) in [7, 11) is 0. The molecule has 1 nitrogen and oxygen atoms in total. The van der Waals surface area contributed by atoms with Gasteiger partial charge in [0.25, 0.3) is 0 Å². The summed E-state index contributed by atoms with van der Waals surface area (Å²) < 4.78 is 0. The monoisotopic (exact) mass is 321 g/mol. The van der Waals surface area contributed by atoms with Crippen molar-refractivity contribution >= 4 is 23.2 Å². The van der Waals surface area contributed by atoms with Crippen LogP contribution in [0.25, 0.3) is 0 Å². The first-order valence-corrected chi connectivity index (χ1v) is 7.78. The van der Waals surface area contributed by atoms with Gasteiger partial charge >= 0.3 is 0 Å². The number of terminal acetylenes is 1. The molecule has 0 fully saturated rings. The van der Waals surface area contributed by atoms with Crippen molar-refractivity contribution in [3.05, 3.63) is 57.2 Å². The van der Waals surface area contributed by atoms with Crippen LogP contribution >= 0.6 is 23.2 Å². The highest BCUT2D eigenvalue weighted by molar-refractivity contribution is 6.36. The van der Waals surface area contributed by atoms with Crippen LogP contribution in [0.15, 0.2) is 46.1 Å². The molecule has 0 atom stereocenters. The summed E-state index contributed by atoms with van der Waals surface area (Å²) in [6.45, 7) is 7.67. The van der Waals surface area contributed by atoms with E-state index >= 15 is 0 Å². The molecular formula is C18H21Cl2N. The zero-order valence-corrected chi connectivity index (χ0v) is 14.3. The van der Waals surface area contributed by atoms with Crippen LogP contribution in [0.4, 0.5) is 0 Å². The number of hydrogen-bond acceptors (Lipinski definition) is 1. The van der Waals surface area contributed by atoms with Crippen LogP contribution in [-0.2, 0) is 6.54 Å². The van der Waals surface area contributed by atoms with Crippen molar-refractivity contribution in [2.24, 2.45) is 0 Å². The summed E-state index contributed by atoms with van der Waals surface area (Å²) >= 11 is 12.5. The lowest BCUT2D eigenvalue weighted by Crippen LogP contribution is -2.25. The fourth-order valence-corrected chi connectivity index (χ4v) is 2.62. The molecule has 0 heterocycles. The van der Waals surface area contributed by atoms with Crippen LogP contribution < -0.4 is 0 Å². The van der Waals surface area contributed by atoms with E-state index < -0.39 is 0 Å². The topological polar surface area (TPSA) is 3.24 Å². The number of aryl methyl sites for hydroxylation is 1. The fourth-order valence-electron chi connectivity index (χ4n) is 2.13. The Morgan fingerprint density at radius 3 is 2.52 bits per heavy atom. The fraction of sp³-hybridized carbons (Fsp3) is 0.333. The maximum atomic E-state index is 6.32. The third kappa shape index (κ3) is 4.84. The quantitative estimate of drug-likeness (QED) is 0.498. The van der Waals surface area contributed by atoms with Crippen LogP contribution in [-0.4, -0.2) is 11.4 Å². The van der Waals surface area contributed by atoms with E-state index in [1.807, 2.05) is 25.1 Å². The van der Waals surface area contributed by atoms with Crippen LogP contribution in [0, 0.1) is 19.3 Å². The van der Waals surface area contributed by atoms with Gasteiger partial charge in [-0.25, -0.2) is 0 Å². The predicted octanol–water partition coefficient (Wildman–Crippen LogP) is 5.43. The average Bonchev–Trinajstić information content (AvgIpc) is 2.49. The highest BCUT2D eigenvalue weighted by Gasteiger charge is 2.16. The smallest absolute Gasteiger partial charge is 0.115 e. The number of nitrogens with zero attached hydrogens (tertiary/aromatic N) is 1. The zero-order chi connectivity index (χ0) is 15.8. The van der Waals surface area contributed by atoms with Gasteiger partial charge in [-0.3, -0.25) is 0 Å². The largest absolute Gasteiger partial charge is 0.364 e. The summed E-state index contributed by atoms with van der Waals surface area (Å²) in [5.41, 5.74) is 3.21. The lowest BCUT2D eigenvalue weighted by atomic mass is 10.1. The number of allylic oxidation sites excluding steroid dienone is 3. The highest BCUT2D eigenvalue weighted by atomic mass is 35.5. The molecule has 0 aliphatic carbocycles. The Balaban J connectivity index is 3.22. The second-order valence-corrected chi connectivity index (χ2v) is 5.58. The SMILES string of the molecule is C#C/C(Cl)=C(\C(Cl)=C/C)N(CCC)Cc1ccccc1C. The van der Waals surface area contributed by atoms with Gasteiger partial charge in [0.2, 0.25) is 0 Å². The van der Waals surface area contributed by atoms with Gasteiger partial charge in [-0.2, -0.15) is 0 Å². The molecule has 3 heteroatoms. The molecule has 0 aliphatic rings. The zero-order valence-electron chi connectivity index (χ0n) is 12.8.